The Kier molecular flexibility index (Phi) is 6.09. The normalized spacial score (nSPS) is 25.1. The summed E-state index contributed by atoms with van der Waals surface area (Å²) in [6, 6.07) is -0.216. The molecule has 0 bridgehead atoms. The maximum atomic E-state index is 13.8. The molecule has 1 aliphatic carbocycles. The van der Waals surface area contributed by atoms with Gasteiger partial charge in [0.25, 0.3) is 0 Å². The lowest BCUT2D eigenvalue weighted by molar-refractivity contribution is -0.157. The van der Waals surface area contributed by atoms with E-state index in [4.69, 9.17) is 0 Å². The van der Waals surface area contributed by atoms with Crippen LogP contribution >= 0.6 is 0 Å². The van der Waals surface area contributed by atoms with E-state index in [1.54, 1.807) is 0 Å². The molecule has 0 N–H and O–H groups in total. The zero-order valence-electron chi connectivity index (χ0n) is 14.8. The molecule has 0 radical (unpaired) electrons. The number of cyclic esters (lactones) is 2. The van der Waals surface area contributed by atoms with Crippen molar-refractivity contribution in [1.82, 2.24) is 0 Å². The summed E-state index contributed by atoms with van der Waals surface area (Å²) >= 11 is 0. The summed E-state index contributed by atoms with van der Waals surface area (Å²) in [7, 11) is 0. The molecule has 0 saturated carbocycles. The van der Waals surface area contributed by atoms with E-state index in [1.807, 2.05) is 0 Å². The number of hydrogen-bond acceptors (Lipinski definition) is 7. The summed E-state index contributed by atoms with van der Waals surface area (Å²) in [5.74, 6) is -20.1. The van der Waals surface area contributed by atoms with Crippen LogP contribution in [0.1, 0.15) is 0 Å². The lowest BCUT2D eigenvalue weighted by Gasteiger charge is -2.20. The van der Waals surface area contributed by atoms with Crippen LogP contribution in [0, 0.1) is 23.3 Å². The van der Waals surface area contributed by atoms with Crippen molar-refractivity contribution in [2.45, 2.75) is 24.6 Å². The molecule has 3 rings (SSSR count). The quantitative estimate of drug-likeness (QED) is 0.286. The summed E-state index contributed by atoms with van der Waals surface area (Å²) in [6.45, 7) is 0. The van der Waals surface area contributed by atoms with E-state index in [9.17, 15) is 49.5 Å². The molecule has 1 heterocycles. The maximum absolute atomic E-state index is 13.8. The van der Waals surface area contributed by atoms with Crippen molar-refractivity contribution in [3.63, 3.8) is 0 Å². The lowest BCUT2D eigenvalue weighted by atomic mass is 10.1. The fourth-order valence-corrected chi connectivity index (χ4v) is 2.45. The minimum absolute atomic E-state index is 0.0998. The minimum Gasteiger partial charge on any atom is -0.422 e. The third kappa shape index (κ3) is 4.09. The molecular formula is C17H6F8O7. The molecule has 1 saturated heterocycles. The fraction of sp³-hybridized carbons (Fsp3) is 0.235. The molecule has 1 aromatic carbocycles. The van der Waals surface area contributed by atoms with E-state index < -0.39 is 89.1 Å². The number of ether oxygens (including phenoxy) is 4. The van der Waals surface area contributed by atoms with Crippen molar-refractivity contribution in [1.29, 1.82) is 0 Å². The predicted octanol–water partition coefficient (Wildman–Crippen LogP) is 3.32. The van der Waals surface area contributed by atoms with Crippen LogP contribution in [0.5, 0.6) is 5.75 Å². The van der Waals surface area contributed by atoms with Crippen LogP contribution in [0.15, 0.2) is 29.6 Å². The van der Waals surface area contributed by atoms with E-state index in [1.165, 1.54) is 0 Å². The van der Waals surface area contributed by atoms with Gasteiger partial charge in [0.1, 0.15) is 0 Å². The van der Waals surface area contributed by atoms with Gasteiger partial charge in [-0.3, -0.25) is 0 Å². The number of hydrogen-bond donors (Lipinski definition) is 0. The molecule has 2 aliphatic rings. The maximum Gasteiger partial charge on any atom is 0.510 e. The van der Waals surface area contributed by atoms with Gasteiger partial charge in [0.15, 0.2) is 41.4 Å². The largest absolute Gasteiger partial charge is 0.510 e. The highest BCUT2D eigenvalue weighted by molar-refractivity contribution is 5.91. The summed E-state index contributed by atoms with van der Waals surface area (Å²) in [5.41, 5.74) is 0. The number of esters is 2. The standard InChI is InChI=1S/C17H6F8O7/c18-3-1-4(19)8(23)11(7(3)22)29-15(26)13-14(32-17(28)31-13)16(27)30-12-9(24)5(20)2-6(21)10(12)25/h1-3,7,13-14H. The monoisotopic (exact) mass is 474 g/mol. The highest BCUT2D eigenvalue weighted by Gasteiger charge is 2.50. The van der Waals surface area contributed by atoms with E-state index in [0.29, 0.717) is 0 Å². The molecule has 172 valence electrons. The van der Waals surface area contributed by atoms with Crippen molar-refractivity contribution in [3.05, 3.63) is 52.8 Å². The van der Waals surface area contributed by atoms with Crippen molar-refractivity contribution >= 4 is 18.1 Å². The molecule has 7 nitrogen and oxygen atoms in total. The molecule has 1 aliphatic heterocycles. The Morgan fingerprint density at radius 2 is 1.34 bits per heavy atom. The van der Waals surface area contributed by atoms with Gasteiger partial charge in [0.2, 0.25) is 29.6 Å². The fourth-order valence-electron chi connectivity index (χ4n) is 2.45. The molecule has 0 spiro atoms. The van der Waals surface area contributed by atoms with Gasteiger partial charge in [-0.05, 0) is 6.08 Å². The molecule has 0 aromatic heterocycles. The Labute approximate surface area is 170 Å². The second kappa shape index (κ2) is 8.47. The second-order valence-electron chi connectivity index (χ2n) is 6.01. The molecule has 32 heavy (non-hydrogen) atoms. The number of carbonyl (C=O) groups is 3. The third-order valence-corrected chi connectivity index (χ3v) is 3.93. The number of halogens is 8. The highest BCUT2D eigenvalue weighted by atomic mass is 19.2. The first-order valence-electron chi connectivity index (χ1n) is 8.11. The summed E-state index contributed by atoms with van der Waals surface area (Å²) < 4.78 is 124. The van der Waals surface area contributed by atoms with Gasteiger partial charge >= 0.3 is 18.1 Å². The van der Waals surface area contributed by atoms with E-state index in [0.717, 1.165) is 0 Å². The van der Waals surface area contributed by atoms with Crippen LogP contribution in [0.25, 0.3) is 0 Å². The van der Waals surface area contributed by atoms with Gasteiger partial charge in [-0.2, -0.15) is 13.2 Å². The Balaban J connectivity index is 1.83. The third-order valence-electron chi connectivity index (χ3n) is 3.93. The minimum atomic E-state index is -3.01. The number of allylic oxidation sites excluding steroid dienone is 4. The number of benzene rings is 1. The zero-order valence-corrected chi connectivity index (χ0v) is 14.8. The van der Waals surface area contributed by atoms with Crippen molar-refractivity contribution in [3.8, 4) is 5.75 Å². The molecule has 0 amide bonds. The number of carbonyl (C=O) groups excluding carboxylic acids is 3. The van der Waals surface area contributed by atoms with E-state index in [-0.39, 0.29) is 12.1 Å². The van der Waals surface area contributed by atoms with Crippen LogP contribution in [0.2, 0.25) is 0 Å². The summed E-state index contributed by atoms with van der Waals surface area (Å²) in [4.78, 5) is 35.4. The molecular weight excluding hydrogens is 468 g/mol. The SMILES string of the molecule is O=C1OC(C(=O)OC2=C(F)C(F)=CC(F)C2F)C(C(=O)Oc2c(F)c(F)cc(F)c2F)O1. The Bertz CT molecular complexity index is 1040. The summed E-state index contributed by atoms with van der Waals surface area (Å²) in [6.07, 6.45) is -12.8. The van der Waals surface area contributed by atoms with Crippen molar-refractivity contribution in [2.75, 3.05) is 0 Å². The highest BCUT2D eigenvalue weighted by Crippen LogP contribution is 2.33. The first-order valence-corrected chi connectivity index (χ1v) is 8.11. The number of alkyl halides is 2. The first kappa shape index (κ1) is 23.0. The van der Waals surface area contributed by atoms with Gasteiger partial charge in [-0.25, -0.2) is 36.3 Å². The van der Waals surface area contributed by atoms with Gasteiger partial charge in [-0.15, -0.1) is 0 Å². The number of rotatable bonds is 4. The molecule has 1 aromatic rings. The Hall–Kier alpha value is -3.65. The van der Waals surface area contributed by atoms with E-state index >= 15 is 0 Å². The Morgan fingerprint density at radius 3 is 1.88 bits per heavy atom. The molecule has 4 atom stereocenters. The average Bonchev–Trinajstić information content (AvgIpc) is 3.13. The smallest absolute Gasteiger partial charge is 0.422 e. The molecule has 15 heteroatoms. The van der Waals surface area contributed by atoms with Crippen LogP contribution in [-0.2, 0) is 23.8 Å². The van der Waals surface area contributed by atoms with E-state index in [2.05, 4.69) is 18.9 Å². The first-order chi connectivity index (χ1) is 14.9. The van der Waals surface area contributed by atoms with Crippen LogP contribution < -0.4 is 4.74 Å². The summed E-state index contributed by atoms with van der Waals surface area (Å²) in [5, 5.41) is 0. The van der Waals surface area contributed by atoms with Gasteiger partial charge in [0, 0.05) is 6.07 Å². The average molecular weight is 474 g/mol. The van der Waals surface area contributed by atoms with Gasteiger partial charge in [-0.1, -0.05) is 0 Å². The second-order valence-corrected chi connectivity index (χ2v) is 6.01. The van der Waals surface area contributed by atoms with Crippen LogP contribution in [0.3, 0.4) is 0 Å². The molecule has 4 unspecified atom stereocenters. The van der Waals surface area contributed by atoms with Crippen molar-refractivity contribution < 1.29 is 68.5 Å². The van der Waals surface area contributed by atoms with Crippen molar-refractivity contribution in [2.24, 2.45) is 0 Å². The molecule has 1 fully saturated rings. The van der Waals surface area contributed by atoms with Gasteiger partial charge < -0.3 is 18.9 Å². The van der Waals surface area contributed by atoms with Crippen LogP contribution in [0.4, 0.5) is 39.9 Å². The lowest BCUT2D eigenvalue weighted by Crippen LogP contribution is -2.41. The topological polar surface area (TPSA) is 88.1 Å². The zero-order chi connectivity index (χ0) is 23.9. The van der Waals surface area contributed by atoms with Crippen LogP contribution in [-0.4, -0.2) is 42.6 Å². The van der Waals surface area contributed by atoms with Gasteiger partial charge in [0.05, 0.1) is 0 Å². The Morgan fingerprint density at radius 1 is 0.844 bits per heavy atom. The predicted molar refractivity (Wildman–Crippen MR) is 80.3 cm³/mol.